The number of amides is 2. The first kappa shape index (κ1) is 15.0. The molecule has 2 aliphatic heterocycles. The topological polar surface area (TPSA) is 64.7 Å². The maximum atomic E-state index is 12.3. The van der Waals surface area contributed by atoms with Gasteiger partial charge in [-0.05, 0) is 18.1 Å². The molecular formula is C16H22N4O2. The number of anilines is 1. The Morgan fingerprint density at radius 2 is 1.91 bits per heavy atom. The number of carbonyl (C=O) groups excluding carboxylic acids is 2. The van der Waals surface area contributed by atoms with Gasteiger partial charge in [0.2, 0.25) is 0 Å². The van der Waals surface area contributed by atoms with E-state index in [0.717, 1.165) is 50.4 Å². The summed E-state index contributed by atoms with van der Waals surface area (Å²) in [6.07, 6.45) is 0.815. The highest BCUT2D eigenvalue weighted by molar-refractivity contribution is 6.40. The lowest BCUT2D eigenvalue weighted by atomic mass is 10.2. The fourth-order valence-corrected chi connectivity index (χ4v) is 3.01. The Morgan fingerprint density at radius 1 is 1.14 bits per heavy atom. The maximum absolute atomic E-state index is 12.3. The predicted octanol–water partition coefficient (Wildman–Crippen LogP) is -0.403. The van der Waals surface area contributed by atoms with Crippen molar-refractivity contribution in [2.45, 2.75) is 6.42 Å². The molecule has 2 N–H and O–H groups in total. The van der Waals surface area contributed by atoms with Crippen molar-refractivity contribution in [1.29, 1.82) is 0 Å². The lowest BCUT2D eigenvalue weighted by Crippen LogP contribution is -2.48. The highest BCUT2D eigenvalue weighted by Crippen LogP contribution is 2.27. The fraction of sp³-hybridized carbons (Fsp3) is 0.500. The Labute approximate surface area is 130 Å². The van der Waals surface area contributed by atoms with Crippen molar-refractivity contribution in [2.24, 2.45) is 0 Å². The first-order valence-electron chi connectivity index (χ1n) is 7.86. The van der Waals surface area contributed by atoms with Crippen molar-refractivity contribution in [3.8, 4) is 0 Å². The average molecular weight is 302 g/mol. The van der Waals surface area contributed by atoms with Crippen LogP contribution in [0.2, 0.25) is 0 Å². The Morgan fingerprint density at radius 3 is 2.73 bits per heavy atom. The molecule has 118 valence electrons. The lowest BCUT2D eigenvalue weighted by molar-refractivity contribution is -0.137. The van der Waals surface area contributed by atoms with Crippen LogP contribution in [0.15, 0.2) is 24.3 Å². The van der Waals surface area contributed by atoms with Gasteiger partial charge in [-0.1, -0.05) is 18.2 Å². The van der Waals surface area contributed by atoms with E-state index in [1.807, 2.05) is 24.3 Å². The normalized spacial score (nSPS) is 18.1. The zero-order valence-electron chi connectivity index (χ0n) is 12.7. The molecule has 1 aromatic rings. The summed E-state index contributed by atoms with van der Waals surface area (Å²) in [6.45, 7) is 5.84. The number of nitrogens with one attached hydrogen (secondary N) is 2. The molecule has 0 saturated carbocycles. The van der Waals surface area contributed by atoms with Crippen molar-refractivity contribution in [1.82, 2.24) is 15.5 Å². The molecule has 1 fully saturated rings. The van der Waals surface area contributed by atoms with Crippen LogP contribution in [0.1, 0.15) is 5.56 Å². The first-order chi connectivity index (χ1) is 10.8. The van der Waals surface area contributed by atoms with Gasteiger partial charge in [-0.2, -0.15) is 0 Å². The number of hydrogen-bond donors (Lipinski definition) is 2. The van der Waals surface area contributed by atoms with Crippen LogP contribution in [0.3, 0.4) is 0 Å². The van der Waals surface area contributed by atoms with E-state index in [1.54, 1.807) is 4.90 Å². The summed E-state index contributed by atoms with van der Waals surface area (Å²) in [5.74, 6) is -0.961. The molecule has 0 spiro atoms. The van der Waals surface area contributed by atoms with Crippen LogP contribution in [0.5, 0.6) is 0 Å². The predicted molar refractivity (Wildman–Crippen MR) is 84.8 cm³/mol. The maximum Gasteiger partial charge on any atom is 0.316 e. The monoisotopic (exact) mass is 302 g/mol. The summed E-state index contributed by atoms with van der Waals surface area (Å²) >= 11 is 0. The third kappa shape index (κ3) is 3.28. The number of para-hydroxylation sites is 1. The summed E-state index contributed by atoms with van der Waals surface area (Å²) in [5.41, 5.74) is 1.99. The molecule has 2 aliphatic rings. The number of piperazine rings is 1. The van der Waals surface area contributed by atoms with Gasteiger partial charge in [-0.15, -0.1) is 0 Å². The van der Waals surface area contributed by atoms with Crippen LogP contribution in [0, 0.1) is 0 Å². The van der Waals surface area contributed by atoms with Crippen molar-refractivity contribution in [3.05, 3.63) is 29.8 Å². The molecule has 0 radical (unpaired) electrons. The SMILES string of the molecule is O=C(NCCN1CCNCC1)C(=O)N1CCc2ccccc21. The molecular weight excluding hydrogens is 280 g/mol. The molecule has 0 unspecified atom stereocenters. The summed E-state index contributed by atoms with van der Waals surface area (Å²) in [5, 5.41) is 6.03. The van der Waals surface area contributed by atoms with Crippen LogP contribution < -0.4 is 15.5 Å². The number of benzene rings is 1. The summed E-state index contributed by atoms with van der Waals surface area (Å²) in [7, 11) is 0. The molecule has 0 bridgehead atoms. The minimum atomic E-state index is -0.508. The van der Waals surface area contributed by atoms with E-state index < -0.39 is 11.8 Å². The van der Waals surface area contributed by atoms with E-state index in [-0.39, 0.29) is 0 Å². The average Bonchev–Trinajstić information content (AvgIpc) is 2.99. The van der Waals surface area contributed by atoms with Gasteiger partial charge in [0.25, 0.3) is 0 Å². The smallest absolute Gasteiger partial charge is 0.316 e. The zero-order chi connectivity index (χ0) is 15.4. The third-order valence-corrected chi connectivity index (χ3v) is 4.25. The second-order valence-corrected chi connectivity index (χ2v) is 5.68. The fourth-order valence-electron chi connectivity index (χ4n) is 3.01. The minimum absolute atomic E-state index is 0.453. The number of nitrogens with zero attached hydrogens (tertiary/aromatic N) is 2. The van der Waals surface area contributed by atoms with Crippen LogP contribution >= 0.6 is 0 Å². The van der Waals surface area contributed by atoms with E-state index in [9.17, 15) is 9.59 Å². The van der Waals surface area contributed by atoms with Gasteiger partial charge in [0.1, 0.15) is 0 Å². The molecule has 0 atom stereocenters. The molecule has 6 nitrogen and oxygen atoms in total. The van der Waals surface area contributed by atoms with Crippen LogP contribution in [0.4, 0.5) is 5.69 Å². The molecule has 0 aliphatic carbocycles. The van der Waals surface area contributed by atoms with Crippen molar-refractivity contribution in [3.63, 3.8) is 0 Å². The highest BCUT2D eigenvalue weighted by Gasteiger charge is 2.28. The van der Waals surface area contributed by atoms with Gasteiger partial charge in [0.15, 0.2) is 0 Å². The van der Waals surface area contributed by atoms with Crippen LogP contribution in [0.25, 0.3) is 0 Å². The molecule has 1 aromatic carbocycles. The van der Waals surface area contributed by atoms with Crippen molar-refractivity contribution in [2.75, 3.05) is 50.7 Å². The number of carbonyl (C=O) groups is 2. The van der Waals surface area contributed by atoms with Gasteiger partial charge >= 0.3 is 11.8 Å². The van der Waals surface area contributed by atoms with E-state index in [1.165, 1.54) is 0 Å². The Balaban J connectivity index is 1.49. The summed E-state index contributed by atoms with van der Waals surface area (Å²) in [4.78, 5) is 28.2. The third-order valence-electron chi connectivity index (χ3n) is 4.25. The van der Waals surface area contributed by atoms with Gasteiger partial charge < -0.3 is 15.5 Å². The zero-order valence-corrected chi connectivity index (χ0v) is 12.7. The van der Waals surface area contributed by atoms with Crippen LogP contribution in [-0.4, -0.2) is 62.5 Å². The quantitative estimate of drug-likeness (QED) is 0.746. The molecule has 22 heavy (non-hydrogen) atoms. The second-order valence-electron chi connectivity index (χ2n) is 5.68. The number of hydrogen-bond acceptors (Lipinski definition) is 4. The minimum Gasteiger partial charge on any atom is -0.347 e. The van der Waals surface area contributed by atoms with Gasteiger partial charge in [0.05, 0.1) is 0 Å². The van der Waals surface area contributed by atoms with E-state index in [2.05, 4.69) is 15.5 Å². The van der Waals surface area contributed by atoms with E-state index >= 15 is 0 Å². The Kier molecular flexibility index (Phi) is 4.70. The Bertz CT molecular complexity index is 555. The number of rotatable bonds is 3. The van der Waals surface area contributed by atoms with Crippen LogP contribution in [-0.2, 0) is 16.0 Å². The first-order valence-corrected chi connectivity index (χ1v) is 7.86. The van der Waals surface area contributed by atoms with E-state index in [4.69, 9.17) is 0 Å². The Hall–Kier alpha value is -1.92. The van der Waals surface area contributed by atoms with Gasteiger partial charge in [-0.25, -0.2) is 0 Å². The molecule has 0 aromatic heterocycles. The molecule has 2 amide bonds. The highest BCUT2D eigenvalue weighted by atomic mass is 16.2. The second kappa shape index (κ2) is 6.89. The molecule has 6 heteroatoms. The van der Waals surface area contributed by atoms with Crippen molar-refractivity contribution < 1.29 is 9.59 Å². The largest absolute Gasteiger partial charge is 0.347 e. The standard InChI is InChI=1S/C16H22N4O2/c21-15(18-8-12-19-10-6-17-7-11-19)16(22)20-9-5-13-3-1-2-4-14(13)20/h1-4,17H,5-12H2,(H,18,21). The molecule has 3 rings (SSSR count). The summed E-state index contributed by atoms with van der Waals surface area (Å²) in [6, 6.07) is 7.76. The summed E-state index contributed by atoms with van der Waals surface area (Å²) < 4.78 is 0. The van der Waals surface area contributed by atoms with Gasteiger partial charge in [0, 0.05) is 51.5 Å². The molecule has 2 heterocycles. The van der Waals surface area contributed by atoms with Crippen molar-refractivity contribution >= 4 is 17.5 Å². The van der Waals surface area contributed by atoms with Gasteiger partial charge in [-0.3, -0.25) is 14.5 Å². The lowest BCUT2D eigenvalue weighted by Gasteiger charge is -2.27. The molecule has 1 saturated heterocycles. The van der Waals surface area contributed by atoms with E-state index in [0.29, 0.717) is 13.1 Å². The number of fused-ring (bicyclic) bond motifs is 1.